The molecule has 3 aromatic rings. The maximum atomic E-state index is 12.2. The summed E-state index contributed by atoms with van der Waals surface area (Å²) in [6, 6.07) is 14.8. The summed E-state index contributed by atoms with van der Waals surface area (Å²) in [5, 5.41) is 13.8. The monoisotopic (exact) mass is 338 g/mol. The second kappa shape index (κ2) is 7.21. The molecule has 0 aliphatic heterocycles. The largest absolute Gasteiger partial charge is 0.454 e. The maximum Gasteiger partial charge on any atom is 0.338 e. The fourth-order valence-corrected chi connectivity index (χ4v) is 2.15. The van der Waals surface area contributed by atoms with Crippen LogP contribution in [0, 0.1) is 0 Å². The molecule has 0 fully saturated rings. The van der Waals surface area contributed by atoms with Crippen molar-refractivity contribution in [2.75, 3.05) is 5.32 Å². The Morgan fingerprint density at radius 1 is 1.12 bits per heavy atom. The number of hydrogen-bond acceptors (Lipinski definition) is 6. The number of anilines is 1. The molecular weight excluding hydrogens is 324 g/mol. The molecule has 0 bridgehead atoms. The first-order chi connectivity index (χ1) is 12.1. The third kappa shape index (κ3) is 3.96. The first kappa shape index (κ1) is 16.1. The molecule has 126 valence electrons. The van der Waals surface area contributed by atoms with Gasteiger partial charge in [0.05, 0.1) is 11.3 Å². The molecule has 0 aliphatic carbocycles. The number of nitrogens with two attached hydrogens (primary N) is 1. The van der Waals surface area contributed by atoms with E-state index in [1.54, 1.807) is 18.2 Å². The molecule has 2 aromatic carbocycles. The number of hydrogen-bond donors (Lipinski definition) is 2. The second-order valence-electron chi connectivity index (χ2n) is 4.99. The van der Waals surface area contributed by atoms with Crippen molar-refractivity contribution in [3.05, 3.63) is 66.0 Å². The number of nitrogens with one attached hydrogen (secondary N) is 1. The number of benzene rings is 2. The lowest BCUT2D eigenvalue weighted by molar-refractivity contribution is 0.0459. The number of para-hydroxylation sites is 1. The van der Waals surface area contributed by atoms with Crippen LogP contribution in [-0.2, 0) is 11.3 Å². The van der Waals surface area contributed by atoms with Crippen LogP contribution in [0.15, 0.2) is 54.6 Å². The van der Waals surface area contributed by atoms with E-state index in [2.05, 4.69) is 20.8 Å². The van der Waals surface area contributed by atoms with E-state index >= 15 is 0 Å². The van der Waals surface area contributed by atoms with Crippen LogP contribution in [0.5, 0.6) is 0 Å². The fourth-order valence-electron chi connectivity index (χ4n) is 2.15. The molecule has 0 saturated carbocycles. The van der Waals surface area contributed by atoms with E-state index < -0.39 is 12.0 Å². The maximum absolute atomic E-state index is 12.2. The van der Waals surface area contributed by atoms with E-state index in [1.165, 1.54) is 10.7 Å². The number of carbonyl (C=O) groups is 2. The molecule has 3 rings (SSSR count). The number of tetrazole rings is 1. The minimum atomic E-state index is -0.715. The molecule has 25 heavy (non-hydrogen) atoms. The van der Waals surface area contributed by atoms with Gasteiger partial charge in [-0.25, -0.2) is 9.59 Å². The Morgan fingerprint density at radius 3 is 2.68 bits per heavy atom. The van der Waals surface area contributed by atoms with Gasteiger partial charge in [-0.2, -0.15) is 4.68 Å². The zero-order chi connectivity index (χ0) is 17.6. The molecule has 0 atom stereocenters. The molecule has 0 spiro atoms. The molecule has 9 nitrogen and oxygen atoms in total. The third-order valence-corrected chi connectivity index (χ3v) is 3.23. The van der Waals surface area contributed by atoms with E-state index in [-0.39, 0.29) is 12.2 Å². The summed E-state index contributed by atoms with van der Waals surface area (Å²) in [4.78, 5) is 23.1. The Morgan fingerprint density at radius 2 is 1.92 bits per heavy atom. The molecule has 0 saturated heterocycles. The van der Waals surface area contributed by atoms with Crippen LogP contribution in [-0.4, -0.2) is 32.2 Å². The van der Waals surface area contributed by atoms with Gasteiger partial charge in [-0.1, -0.05) is 24.3 Å². The SMILES string of the molecule is NC(=O)Nc1cccc(C(=O)OCc2nnnn2-c2ccccc2)c1. The Kier molecular flexibility index (Phi) is 4.65. The van der Waals surface area contributed by atoms with Crippen LogP contribution >= 0.6 is 0 Å². The molecule has 0 aliphatic rings. The van der Waals surface area contributed by atoms with E-state index in [0.717, 1.165) is 5.69 Å². The summed E-state index contributed by atoms with van der Waals surface area (Å²) in [6.45, 7) is -0.103. The lowest BCUT2D eigenvalue weighted by Crippen LogP contribution is -2.19. The van der Waals surface area contributed by atoms with Crippen LogP contribution in [0.2, 0.25) is 0 Å². The molecule has 0 radical (unpaired) electrons. The smallest absolute Gasteiger partial charge is 0.338 e. The van der Waals surface area contributed by atoms with Gasteiger partial charge in [0.2, 0.25) is 0 Å². The van der Waals surface area contributed by atoms with Crippen molar-refractivity contribution in [1.82, 2.24) is 20.2 Å². The Balaban J connectivity index is 1.70. The van der Waals surface area contributed by atoms with Crippen LogP contribution in [0.3, 0.4) is 0 Å². The Bertz CT molecular complexity index is 894. The van der Waals surface area contributed by atoms with Gasteiger partial charge in [0.15, 0.2) is 12.4 Å². The number of carbonyl (C=O) groups excluding carboxylic acids is 2. The van der Waals surface area contributed by atoms with Gasteiger partial charge in [-0.15, -0.1) is 5.10 Å². The molecule has 1 heterocycles. The minimum absolute atomic E-state index is 0.103. The lowest BCUT2D eigenvalue weighted by Gasteiger charge is -2.07. The Hall–Kier alpha value is -3.75. The quantitative estimate of drug-likeness (QED) is 0.679. The second-order valence-corrected chi connectivity index (χ2v) is 4.99. The number of nitrogens with zero attached hydrogens (tertiary/aromatic N) is 4. The average molecular weight is 338 g/mol. The van der Waals surface area contributed by atoms with E-state index in [0.29, 0.717) is 11.5 Å². The minimum Gasteiger partial charge on any atom is -0.454 e. The molecular formula is C16H14N6O3. The number of aromatic nitrogens is 4. The van der Waals surface area contributed by atoms with Gasteiger partial charge in [0.1, 0.15) is 0 Å². The summed E-state index contributed by atoms with van der Waals surface area (Å²) in [6.07, 6.45) is 0. The van der Waals surface area contributed by atoms with E-state index in [9.17, 15) is 9.59 Å². The number of esters is 1. The normalized spacial score (nSPS) is 10.2. The summed E-state index contributed by atoms with van der Waals surface area (Å²) in [5.41, 5.74) is 6.48. The van der Waals surface area contributed by atoms with Crippen LogP contribution in [0.25, 0.3) is 5.69 Å². The first-order valence-electron chi connectivity index (χ1n) is 7.30. The summed E-state index contributed by atoms with van der Waals surface area (Å²) in [5.74, 6) is -0.193. The lowest BCUT2D eigenvalue weighted by atomic mass is 10.2. The van der Waals surface area contributed by atoms with Crippen LogP contribution in [0.4, 0.5) is 10.5 Å². The molecule has 1 aromatic heterocycles. The predicted octanol–water partition coefficient (Wildman–Crippen LogP) is 1.51. The summed E-state index contributed by atoms with van der Waals surface area (Å²) < 4.78 is 6.73. The van der Waals surface area contributed by atoms with Crippen molar-refractivity contribution in [2.45, 2.75) is 6.61 Å². The highest BCUT2D eigenvalue weighted by Crippen LogP contribution is 2.13. The summed E-state index contributed by atoms with van der Waals surface area (Å²) >= 11 is 0. The van der Waals surface area contributed by atoms with E-state index in [4.69, 9.17) is 10.5 Å². The van der Waals surface area contributed by atoms with Crippen molar-refractivity contribution in [3.63, 3.8) is 0 Å². The van der Waals surface area contributed by atoms with E-state index in [1.807, 2.05) is 30.3 Å². The Labute approximate surface area is 142 Å². The molecule has 0 unspecified atom stereocenters. The van der Waals surface area contributed by atoms with Crippen LogP contribution in [0.1, 0.15) is 16.2 Å². The van der Waals surface area contributed by atoms with Crippen molar-refractivity contribution < 1.29 is 14.3 Å². The highest BCUT2D eigenvalue weighted by Gasteiger charge is 2.13. The number of rotatable bonds is 5. The highest BCUT2D eigenvalue weighted by molar-refractivity contribution is 5.93. The fraction of sp³-hybridized carbons (Fsp3) is 0.0625. The highest BCUT2D eigenvalue weighted by atomic mass is 16.5. The van der Waals surface area contributed by atoms with Crippen molar-refractivity contribution in [3.8, 4) is 5.69 Å². The number of amides is 2. The molecule has 9 heteroatoms. The zero-order valence-electron chi connectivity index (χ0n) is 13.0. The van der Waals surface area contributed by atoms with Gasteiger partial charge in [0, 0.05) is 5.69 Å². The number of ether oxygens (including phenoxy) is 1. The number of primary amides is 1. The van der Waals surface area contributed by atoms with Crippen LogP contribution < -0.4 is 11.1 Å². The molecule has 2 amide bonds. The van der Waals surface area contributed by atoms with Crippen molar-refractivity contribution in [2.24, 2.45) is 5.73 Å². The first-order valence-corrected chi connectivity index (χ1v) is 7.30. The van der Waals surface area contributed by atoms with Gasteiger partial charge >= 0.3 is 12.0 Å². The summed E-state index contributed by atoms with van der Waals surface area (Å²) in [7, 11) is 0. The van der Waals surface area contributed by atoms with Gasteiger partial charge < -0.3 is 15.8 Å². The van der Waals surface area contributed by atoms with Gasteiger partial charge in [-0.3, -0.25) is 0 Å². The zero-order valence-corrected chi connectivity index (χ0v) is 13.0. The van der Waals surface area contributed by atoms with Gasteiger partial charge in [0.25, 0.3) is 0 Å². The molecule has 3 N–H and O–H groups in total. The van der Waals surface area contributed by atoms with Crippen molar-refractivity contribution >= 4 is 17.7 Å². The predicted molar refractivity (Wildman–Crippen MR) is 87.9 cm³/mol. The van der Waals surface area contributed by atoms with Gasteiger partial charge in [-0.05, 0) is 40.8 Å². The average Bonchev–Trinajstić information content (AvgIpc) is 3.08. The van der Waals surface area contributed by atoms with Crippen molar-refractivity contribution in [1.29, 1.82) is 0 Å². The number of urea groups is 1. The standard InChI is InChI=1S/C16H14N6O3/c17-16(24)18-12-6-4-5-11(9-12)15(23)25-10-14-19-20-21-22(14)13-7-2-1-3-8-13/h1-9H,10H2,(H3,17,18,24). The topological polar surface area (TPSA) is 125 Å². The third-order valence-electron chi connectivity index (χ3n) is 3.23.